The minimum absolute atomic E-state index is 0.0914. The average Bonchev–Trinajstić information content (AvgIpc) is 2.73. The van der Waals surface area contributed by atoms with Crippen molar-refractivity contribution in [2.24, 2.45) is 11.1 Å². The molecule has 0 atom stereocenters. The summed E-state index contributed by atoms with van der Waals surface area (Å²) in [6.45, 7) is 6.21. The highest BCUT2D eigenvalue weighted by atomic mass is 16.4. The topological polar surface area (TPSA) is 81.2 Å². The van der Waals surface area contributed by atoms with E-state index >= 15 is 0 Å². The molecule has 0 saturated carbocycles. The first-order valence-electron chi connectivity index (χ1n) is 5.41. The van der Waals surface area contributed by atoms with Crippen LogP contribution in [0.3, 0.4) is 0 Å². The first-order valence-corrected chi connectivity index (χ1v) is 5.41. The molecule has 0 aliphatic heterocycles. The van der Waals surface area contributed by atoms with Crippen molar-refractivity contribution in [3.8, 4) is 0 Å². The second-order valence-electron chi connectivity index (χ2n) is 4.34. The predicted molar refractivity (Wildman–Crippen MR) is 60.6 cm³/mol. The number of oxazole rings is 1. The number of nitrogens with one attached hydrogen (secondary N) is 1. The van der Waals surface area contributed by atoms with Gasteiger partial charge < -0.3 is 15.5 Å². The van der Waals surface area contributed by atoms with Crippen LogP contribution in [0, 0.1) is 5.41 Å². The molecular weight excluding hydrogens is 206 g/mol. The Labute approximate surface area is 95.4 Å². The van der Waals surface area contributed by atoms with Gasteiger partial charge in [-0.15, -0.1) is 0 Å². The van der Waals surface area contributed by atoms with Crippen LogP contribution < -0.4 is 11.1 Å². The van der Waals surface area contributed by atoms with Crippen LogP contribution in [-0.4, -0.2) is 17.4 Å². The summed E-state index contributed by atoms with van der Waals surface area (Å²) in [5.41, 5.74) is 4.95. The number of amides is 1. The van der Waals surface area contributed by atoms with Gasteiger partial charge in [0.15, 0.2) is 0 Å². The highest BCUT2D eigenvalue weighted by molar-refractivity contribution is 5.81. The fourth-order valence-electron chi connectivity index (χ4n) is 1.08. The van der Waals surface area contributed by atoms with Gasteiger partial charge in [0.05, 0.1) is 18.2 Å². The highest BCUT2D eigenvalue weighted by Gasteiger charge is 2.25. The quantitative estimate of drug-likeness (QED) is 0.778. The van der Waals surface area contributed by atoms with Crippen molar-refractivity contribution in [2.45, 2.75) is 33.7 Å². The van der Waals surface area contributed by atoms with E-state index in [-0.39, 0.29) is 5.91 Å². The third kappa shape index (κ3) is 3.06. The summed E-state index contributed by atoms with van der Waals surface area (Å²) < 4.78 is 5.37. The van der Waals surface area contributed by atoms with Gasteiger partial charge in [-0.3, -0.25) is 4.79 Å². The van der Waals surface area contributed by atoms with E-state index in [4.69, 9.17) is 10.2 Å². The van der Waals surface area contributed by atoms with Crippen LogP contribution in [0.1, 0.15) is 32.4 Å². The molecule has 5 nitrogen and oxygen atoms in total. The predicted octanol–water partition coefficient (Wildman–Crippen LogP) is 0.838. The van der Waals surface area contributed by atoms with E-state index in [9.17, 15) is 4.79 Å². The molecule has 0 radical (unpaired) electrons. The van der Waals surface area contributed by atoms with Gasteiger partial charge in [-0.2, -0.15) is 0 Å². The van der Waals surface area contributed by atoms with Crippen molar-refractivity contribution in [1.82, 2.24) is 10.3 Å². The van der Waals surface area contributed by atoms with E-state index in [0.717, 1.165) is 12.2 Å². The van der Waals surface area contributed by atoms with Crippen LogP contribution in [0.25, 0.3) is 0 Å². The average molecular weight is 225 g/mol. The Hall–Kier alpha value is -1.36. The van der Waals surface area contributed by atoms with Gasteiger partial charge in [-0.1, -0.05) is 6.92 Å². The molecule has 0 aliphatic carbocycles. The fraction of sp³-hybridized carbons (Fsp3) is 0.636. The summed E-state index contributed by atoms with van der Waals surface area (Å²) in [4.78, 5) is 15.7. The van der Waals surface area contributed by atoms with E-state index in [0.29, 0.717) is 19.0 Å². The van der Waals surface area contributed by atoms with Crippen LogP contribution in [0.2, 0.25) is 0 Å². The zero-order valence-electron chi connectivity index (χ0n) is 10.0. The molecule has 0 bridgehead atoms. The lowest BCUT2D eigenvalue weighted by Crippen LogP contribution is -2.41. The van der Waals surface area contributed by atoms with Gasteiger partial charge in [0.1, 0.15) is 5.76 Å². The Morgan fingerprint density at radius 2 is 2.31 bits per heavy atom. The lowest BCUT2D eigenvalue weighted by molar-refractivity contribution is -0.129. The highest BCUT2D eigenvalue weighted by Crippen LogP contribution is 2.12. The van der Waals surface area contributed by atoms with Crippen molar-refractivity contribution in [3.05, 3.63) is 17.8 Å². The molecule has 3 N–H and O–H groups in total. The second kappa shape index (κ2) is 5.12. The van der Waals surface area contributed by atoms with E-state index in [1.165, 1.54) is 0 Å². The molecule has 0 aliphatic rings. The summed E-state index contributed by atoms with van der Waals surface area (Å²) in [6.07, 6.45) is 2.48. The van der Waals surface area contributed by atoms with Crippen molar-refractivity contribution in [2.75, 3.05) is 6.54 Å². The van der Waals surface area contributed by atoms with Crippen molar-refractivity contribution >= 4 is 5.91 Å². The molecule has 1 rings (SSSR count). The summed E-state index contributed by atoms with van der Waals surface area (Å²) in [5.74, 6) is 1.26. The minimum atomic E-state index is -0.555. The molecule has 0 fully saturated rings. The van der Waals surface area contributed by atoms with Gasteiger partial charge in [0.25, 0.3) is 0 Å². The molecule has 1 aromatic heterocycles. The van der Waals surface area contributed by atoms with Gasteiger partial charge in [-0.25, -0.2) is 4.98 Å². The monoisotopic (exact) mass is 225 g/mol. The third-order valence-electron chi connectivity index (χ3n) is 2.48. The minimum Gasteiger partial charge on any atom is -0.444 e. The Morgan fingerprint density at radius 3 is 2.81 bits per heavy atom. The number of carbonyl (C=O) groups is 1. The first-order chi connectivity index (χ1) is 7.49. The van der Waals surface area contributed by atoms with Crippen LogP contribution in [0.4, 0.5) is 0 Å². The fourth-order valence-corrected chi connectivity index (χ4v) is 1.08. The number of hydrogen-bond donors (Lipinski definition) is 2. The molecule has 0 saturated heterocycles. The standard InChI is InChI=1S/C11H19N3O2/c1-4-8-5-13-9(16-8)6-14-10(15)11(2,3)7-12/h5H,4,6-7,12H2,1-3H3,(H,14,15). The van der Waals surface area contributed by atoms with Crippen LogP contribution in [0.5, 0.6) is 0 Å². The maximum Gasteiger partial charge on any atom is 0.227 e. The van der Waals surface area contributed by atoms with Crippen molar-refractivity contribution < 1.29 is 9.21 Å². The molecular formula is C11H19N3O2. The smallest absolute Gasteiger partial charge is 0.227 e. The normalized spacial score (nSPS) is 11.5. The van der Waals surface area contributed by atoms with Gasteiger partial charge in [0.2, 0.25) is 11.8 Å². The number of rotatable bonds is 5. The molecule has 0 spiro atoms. The van der Waals surface area contributed by atoms with E-state index in [2.05, 4.69) is 10.3 Å². The number of hydrogen-bond acceptors (Lipinski definition) is 4. The molecule has 5 heteroatoms. The zero-order chi connectivity index (χ0) is 12.2. The van der Waals surface area contributed by atoms with Crippen molar-refractivity contribution in [1.29, 1.82) is 0 Å². The van der Waals surface area contributed by atoms with E-state index in [1.54, 1.807) is 20.0 Å². The number of nitrogens with zero attached hydrogens (tertiary/aromatic N) is 1. The number of nitrogens with two attached hydrogens (primary N) is 1. The molecule has 0 aromatic carbocycles. The summed E-state index contributed by atoms with van der Waals surface area (Å²) >= 11 is 0. The maximum atomic E-state index is 11.7. The first kappa shape index (κ1) is 12.7. The molecule has 1 amide bonds. The lowest BCUT2D eigenvalue weighted by Gasteiger charge is -2.20. The molecule has 1 aromatic rings. The molecule has 16 heavy (non-hydrogen) atoms. The Balaban J connectivity index is 2.49. The van der Waals surface area contributed by atoms with E-state index in [1.807, 2.05) is 6.92 Å². The summed E-state index contributed by atoms with van der Waals surface area (Å²) in [5, 5.41) is 2.75. The second-order valence-corrected chi connectivity index (χ2v) is 4.34. The third-order valence-corrected chi connectivity index (χ3v) is 2.48. The number of aryl methyl sites for hydroxylation is 1. The van der Waals surface area contributed by atoms with Crippen LogP contribution in [-0.2, 0) is 17.8 Å². The Bertz CT molecular complexity index is 358. The largest absolute Gasteiger partial charge is 0.444 e. The zero-order valence-corrected chi connectivity index (χ0v) is 10.0. The summed E-state index contributed by atoms with van der Waals surface area (Å²) in [6, 6.07) is 0. The SMILES string of the molecule is CCc1cnc(CNC(=O)C(C)(C)CN)o1. The lowest BCUT2D eigenvalue weighted by atomic mass is 9.93. The van der Waals surface area contributed by atoms with Gasteiger partial charge in [-0.05, 0) is 13.8 Å². The Kier molecular flexibility index (Phi) is 4.06. The van der Waals surface area contributed by atoms with Gasteiger partial charge >= 0.3 is 0 Å². The van der Waals surface area contributed by atoms with Crippen LogP contribution in [0.15, 0.2) is 10.6 Å². The maximum absolute atomic E-state index is 11.7. The number of carbonyl (C=O) groups excluding carboxylic acids is 1. The van der Waals surface area contributed by atoms with Crippen LogP contribution >= 0.6 is 0 Å². The molecule has 1 heterocycles. The van der Waals surface area contributed by atoms with Crippen molar-refractivity contribution in [3.63, 3.8) is 0 Å². The van der Waals surface area contributed by atoms with E-state index < -0.39 is 5.41 Å². The molecule has 90 valence electrons. The summed E-state index contributed by atoms with van der Waals surface area (Å²) in [7, 11) is 0. The molecule has 0 unspecified atom stereocenters. The van der Waals surface area contributed by atoms with Gasteiger partial charge in [0, 0.05) is 13.0 Å². The number of aromatic nitrogens is 1. The Morgan fingerprint density at radius 1 is 1.62 bits per heavy atom.